The summed E-state index contributed by atoms with van der Waals surface area (Å²) in [5.74, 6) is 0.728. The normalized spacial score (nSPS) is 10.2. The van der Waals surface area contributed by atoms with Gasteiger partial charge >= 0.3 is 0 Å². The second kappa shape index (κ2) is 5.88. The minimum Gasteiger partial charge on any atom is -0.495 e. The molecule has 0 aliphatic rings. The molecule has 2 rings (SSSR count). The number of carbonyl (C=O) groups excluding carboxylic acids is 1. The van der Waals surface area contributed by atoms with Crippen LogP contribution < -0.4 is 14.8 Å². The van der Waals surface area contributed by atoms with Gasteiger partial charge in [-0.05, 0) is 18.2 Å². The fourth-order valence-corrected chi connectivity index (χ4v) is 2.08. The van der Waals surface area contributed by atoms with Crippen molar-refractivity contribution in [2.75, 3.05) is 19.5 Å². The molecule has 6 heteroatoms. The molecule has 0 radical (unpaired) electrons. The van der Waals surface area contributed by atoms with Crippen LogP contribution in [-0.2, 0) is 7.05 Å². The molecule has 0 unspecified atom stereocenters. The lowest BCUT2D eigenvalue weighted by molar-refractivity contribution is 0.101. The van der Waals surface area contributed by atoms with Gasteiger partial charge in [-0.1, -0.05) is 11.6 Å². The first-order chi connectivity index (χ1) is 9.56. The zero-order valence-corrected chi connectivity index (χ0v) is 12.2. The molecule has 1 heterocycles. The summed E-state index contributed by atoms with van der Waals surface area (Å²) in [7, 11) is 4.83. The molecule has 106 valence electrons. The number of aryl methyl sites for hydroxylation is 1. The van der Waals surface area contributed by atoms with Crippen molar-refractivity contribution in [2.45, 2.75) is 0 Å². The Hall–Kier alpha value is -2.14. The van der Waals surface area contributed by atoms with Crippen LogP contribution in [0.3, 0.4) is 0 Å². The number of hydrogen-bond donors (Lipinski definition) is 1. The molecule has 2 aromatic rings. The number of amides is 1. The maximum atomic E-state index is 12.2. The fraction of sp³-hybridized carbons (Fsp3) is 0.214. The minimum absolute atomic E-state index is 0.239. The standard InChI is InChI=1S/C14H15ClN2O3/c1-17-6-4-5-11(17)14(18)16-10-7-9(15)12(19-2)8-13(10)20-3/h4-8H,1-3H3,(H,16,18). The predicted molar refractivity (Wildman–Crippen MR) is 77.9 cm³/mol. The van der Waals surface area contributed by atoms with Gasteiger partial charge < -0.3 is 19.4 Å². The van der Waals surface area contributed by atoms with Gasteiger partial charge in [0.25, 0.3) is 5.91 Å². The zero-order valence-electron chi connectivity index (χ0n) is 11.4. The molecule has 0 aliphatic carbocycles. The molecule has 0 spiro atoms. The van der Waals surface area contributed by atoms with Gasteiger partial charge in [0.05, 0.1) is 24.9 Å². The molecule has 1 aromatic heterocycles. The first-order valence-corrected chi connectivity index (χ1v) is 6.28. The van der Waals surface area contributed by atoms with E-state index in [4.69, 9.17) is 21.1 Å². The number of nitrogens with zero attached hydrogens (tertiary/aromatic N) is 1. The molecule has 20 heavy (non-hydrogen) atoms. The number of rotatable bonds is 4. The SMILES string of the molecule is COc1cc(OC)c(NC(=O)c2cccn2C)cc1Cl. The second-order valence-electron chi connectivity index (χ2n) is 4.15. The lowest BCUT2D eigenvalue weighted by atomic mass is 10.2. The molecule has 0 fully saturated rings. The number of anilines is 1. The topological polar surface area (TPSA) is 52.5 Å². The number of hydrogen-bond acceptors (Lipinski definition) is 3. The van der Waals surface area contributed by atoms with E-state index in [1.165, 1.54) is 14.2 Å². The number of ether oxygens (including phenoxy) is 2. The van der Waals surface area contributed by atoms with E-state index in [-0.39, 0.29) is 5.91 Å². The summed E-state index contributed by atoms with van der Waals surface area (Å²) in [5.41, 5.74) is 1.03. The van der Waals surface area contributed by atoms with Crippen molar-refractivity contribution in [2.24, 2.45) is 7.05 Å². The second-order valence-corrected chi connectivity index (χ2v) is 4.55. The predicted octanol–water partition coefficient (Wildman–Crippen LogP) is 2.95. The Morgan fingerprint density at radius 2 is 1.95 bits per heavy atom. The summed E-state index contributed by atoms with van der Waals surface area (Å²) in [5, 5.41) is 3.17. The molecule has 0 atom stereocenters. The van der Waals surface area contributed by atoms with Crippen molar-refractivity contribution in [3.05, 3.63) is 41.2 Å². The van der Waals surface area contributed by atoms with E-state index in [9.17, 15) is 4.79 Å². The fourth-order valence-electron chi connectivity index (χ4n) is 1.84. The van der Waals surface area contributed by atoms with Gasteiger partial charge in [0, 0.05) is 19.3 Å². The Kier molecular flexibility index (Phi) is 4.20. The van der Waals surface area contributed by atoms with E-state index in [0.29, 0.717) is 27.9 Å². The molecule has 1 amide bonds. The number of carbonyl (C=O) groups is 1. The Morgan fingerprint density at radius 3 is 2.50 bits per heavy atom. The molecule has 1 N–H and O–H groups in total. The number of benzene rings is 1. The highest BCUT2D eigenvalue weighted by atomic mass is 35.5. The maximum absolute atomic E-state index is 12.2. The third-order valence-electron chi connectivity index (χ3n) is 2.90. The summed E-state index contributed by atoms with van der Waals surface area (Å²) in [6, 6.07) is 6.75. The van der Waals surface area contributed by atoms with E-state index in [0.717, 1.165) is 0 Å². The lowest BCUT2D eigenvalue weighted by Gasteiger charge is -2.13. The van der Waals surface area contributed by atoms with Crippen molar-refractivity contribution in [1.29, 1.82) is 0 Å². The van der Waals surface area contributed by atoms with Gasteiger partial charge in [0.1, 0.15) is 17.2 Å². The quantitative estimate of drug-likeness (QED) is 0.943. The van der Waals surface area contributed by atoms with Gasteiger partial charge in [0.2, 0.25) is 0 Å². The van der Waals surface area contributed by atoms with E-state index in [1.54, 1.807) is 42.1 Å². The third-order valence-corrected chi connectivity index (χ3v) is 3.19. The van der Waals surface area contributed by atoms with Gasteiger partial charge in [-0.15, -0.1) is 0 Å². The van der Waals surface area contributed by atoms with Crippen LogP contribution in [0.25, 0.3) is 0 Å². The lowest BCUT2D eigenvalue weighted by Crippen LogP contribution is -2.16. The van der Waals surface area contributed by atoms with Crippen LogP contribution in [0.5, 0.6) is 11.5 Å². The molecule has 0 aliphatic heterocycles. The Labute approximate surface area is 122 Å². The van der Waals surface area contributed by atoms with Gasteiger partial charge in [0.15, 0.2) is 0 Å². The highest BCUT2D eigenvalue weighted by Crippen LogP contribution is 2.36. The van der Waals surface area contributed by atoms with E-state index >= 15 is 0 Å². The molecule has 1 aromatic carbocycles. The maximum Gasteiger partial charge on any atom is 0.272 e. The molecular formula is C14H15ClN2O3. The van der Waals surface area contributed by atoms with Crippen molar-refractivity contribution in [1.82, 2.24) is 4.57 Å². The summed E-state index contributed by atoms with van der Waals surface area (Å²) in [6.45, 7) is 0. The van der Waals surface area contributed by atoms with E-state index in [2.05, 4.69) is 5.32 Å². The van der Waals surface area contributed by atoms with Crippen LogP contribution in [0, 0.1) is 0 Å². The molecule has 5 nitrogen and oxygen atoms in total. The van der Waals surface area contributed by atoms with Crippen LogP contribution in [0.4, 0.5) is 5.69 Å². The Morgan fingerprint density at radius 1 is 1.25 bits per heavy atom. The largest absolute Gasteiger partial charge is 0.495 e. The van der Waals surface area contributed by atoms with Gasteiger partial charge in [-0.3, -0.25) is 4.79 Å². The average molecular weight is 295 g/mol. The number of nitrogens with one attached hydrogen (secondary N) is 1. The Balaban J connectivity index is 2.31. The van der Waals surface area contributed by atoms with Crippen LogP contribution in [0.15, 0.2) is 30.5 Å². The number of halogens is 1. The van der Waals surface area contributed by atoms with Gasteiger partial charge in [-0.2, -0.15) is 0 Å². The minimum atomic E-state index is -0.239. The Bertz CT molecular complexity index is 637. The van der Waals surface area contributed by atoms with Crippen molar-refractivity contribution in [3.8, 4) is 11.5 Å². The molecule has 0 saturated heterocycles. The summed E-state index contributed by atoms with van der Waals surface area (Å²) in [4.78, 5) is 12.2. The van der Waals surface area contributed by atoms with Crippen molar-refractivity contribution in [3.63, 3.8) is 0 Å². The first kappa shape index (κ1) is 14.3. The smallest absolute Gasteiger partial charge is 0.272 e. The van der Waals surface area contributed by atoms with Crippen molar-refractivity contribution >= 4 is 23.2 Å². The first-order valence-electron chi connectivity index (χ1n) is 5.91. The van der Waals surface area contributed by atoms with Crippen LogP contribution in [0.1, 0.15) is 10.5 Å². The monoisotopic (exact) mass is 294 g/mol. The summed E-state index contributed by atoms with van der Waals surface area (Å²) in [6.07, 6.45) is 1.80. The van der Waals surface area contributed by atoms with Crippen LogP contribution >= 0.6 is 11.6 Å². The number of methoxy groups -OCH3 is 2. The highest BCUT2D eigenvalue weighted by molar-refractivity contribution is 6.32. The van der Waals surface area contributed by atoms with Gasteiger partial charge in [-0.25, -0.2) is 0 Å². The number of aromatic nitrogens is 1. The van der Waals surface area contributed by atoms with Crippen LogP contribution in [-0.4, -0.2) is 24.7 Å². The molecule has 0 saturated carbocycles. The summed E-state index contributed by atoms with van der Waals surface area (Å²) < 4.78 is 12.1. The average Bonchev–Trinajstić information content (AvgIpc) is 2.85. The molecule has 0 bridgehead atoms. The van der Waals surface area contributed by atoms with E-state index < -0.39 is 0 Å². The third kappa shape index (κ3) is 2.72. The molecular weight excluding hydrogens is 280 g/mol. The summed E-state index contributed by atoms with van der Waals surface area (Å²) >= 11 is 6.06. The van der Waals surface area contributed by atoms with Crippen LogP contribution in [0.2, 0.25) is 5.02 Å². The zero-order chi connectivity index (χ0) is 14.7. The van der Waals surface area contributed by atoms with E-state index in [1.807, 2.05) is 0 Å². The highest BCUT2D eigenvalue weighted by Gasteiger charge is 2.14. The van der Waals surface area contributed by atoms with Crippen molar-refractivity contribution < 1.29 is 14.3 Å².